The van der Waals surface area contributed by atoms with Crippen LogP contribution in [0.5, 0.6) is 0 Å². The lowest BCUT2D eigenvalue weighted by Gasteiger charge is -2.16. The highest BCUT2D eigenvalue weighted by Gasteiger charge is 2.23. The van der Waals surface area contributed by atoms with Crippen LogP contribution in [-0.4, -0.2) is 12.0 Å². The zero-order chi connectivity index (χ0) is 10.7. The minimum atomic E-state index is -0.319. The van der Waals surface area contributed by atoms with Gasteiger partial charge in [0.2, 0.25) is 0 Å². The van der Waals surface area contributed by atoms with E-state index in [-0.39, 0.29) is 18.1 Å². The molecule has 0 amide bonds. The summed E-state index contributed by atoms with van der Waals surface area (Å²) in [5.74, 6) is -0.238. The molecular formula is C12H13NO2. The molecule has 0 fully saturated rings. The average molecular weight is 203 g/mol. The first kappa shape index (κ1) is 9.93. The summed E-state index contributed by atoms with van der Waals surface area (Å²) in [5, 5.41) is 3.18. The Morgan fingerprint density at radius 2 is 2.07 bits per heavy atom. The van der Waals surface area contributed by atoms with Gasteiger partial charge in [-0.3, -0.25) is 5.32 Å². The molecule has 2 atom stereocenters. The molecule has 1 aromatic rings. The van der Waals surface area contributed by atoms with Crippen molar-refractivity contribution in [2.24, 2.45) is 0 Å². The first-order chi connectivity index (χ1) is 7.27. The van der Waals surface area contributed by atoms with Crippen LogP contribution >= 0.6 is 0 Å². The molecule has 0 aromatic heterocycles. The zero-order valence-corrected chi connectivity index (χ0v) is 8.51. The number of carbonyl (C=O) groups is 1. The van der Waals surface area contributed by atoms with Crippen LogP contribution in [-0.2, 0) is 9.53 Å². The Labute approximate surface area is 88.8 Å². The van der Waals surface area contributed by atoms with Gasteiger partial charge in [0.15, 0.2) is 0 Å². The lowest BCUT2D eigenvalue weighted by molar-refractivity contribution is -0.137. The largest absolute Gasteiger partial charge is 0.433 e. The Balaban J connectivity index is 2.01. The third-order valence-electron chi connectivity index (χ3n) is 2.44. The van der Waals surface area contributed by atoms with Crippen molar-refractivity contribution >= 4 is 5.97 Å². The van der Waals surface area contributed by atoms with E-state index >= 15 is 0 Å². The monoisotopic (exact) mass is 203 g/mol. The quantitative estimate of drug-likeness (QED) is 0.761. The van der Waals surface area contributed by atoms with Crippen molar-refractivity contribution in [2.75, 3.05) is 0 Å². The maximum atomic E-state index is 11.2. The molecule has 1 aromatic carbocycles. The molecule has 1 heterocycles. The standard InChI is InChI=1S/C12H13NO2/c1-9(10-5-3-2-4-6-10)13-11-7-8-15-12(11)14/h2-9,11,13H,1H3. The van der Waals surface area contributed by atoms with E-state index in [1.807, 2.05) is 37.3 Å². The molecular weight excluding hydrogens is 190 g/mol. The van der Waals surface area contributed by atoms with Gasteiger partial charge in [0.1, 0.15) is 6.04 Å². The highest BCUT2D eigenvalue weighted by Crippen LogP contribution is 2.14. The summed E-state index contributed by atoms with van der Waals surface area (Å²) in [6.45, 7) is 2.02. The molecule has 2 unspecified atom stereocenters. The van der Waals surface area contributed by atoms with Crippen molar-refractivity contribution in [3.05, 3.63) is 48.2 Å². The zero-order valence-electron chi connectivity index (χ0n) is 8.51. The summed E-state index contributed by atoms with van der Waals surface area (Å²) in [5.41, 5.74) is 1.16. The fourth-order valence-corrected chi connectivity index (χ4v) is 1.57. The summed E-state index contributed by atoms with van der Waals surface area (Å²) in [6, 6.07) is 9.81. The Bertz CT molecular complexity index is 372. The Kier molecular flexibility index (Phi) is 2.83. The predicted molar refractivity (Wildman–Crippen MR) is 57.0 cm³/mol. The lowest BCUT2D eigenvalue weighted by Crippen LogP contribution is -2.34. The van der Waals surface area contributed by atoms with Gasteiger partial charge in [-0.25, -0.2) is 4.79 Å². The lowest BCUT2D eigenvalue weighted by atomic mass is 10.1. The maximum absolute atomic E-state index is 11.2. The number of nitrogens with one attached hydrogen (secondary N) is 1. The van der Waals surface area contributed by atoms with Gasteiger partial charge < -0.3 is 4.74 Å². The van der Waals surface area contributed by atoms with Gasteiger partial charge in [0.05, 0.1) is 6.26 Å². The van der Waals surface area contributed by atoms with E-state index in [9.17, 15) is 4.79 Å². The SMILES string of the molecule is CC(NC1C=COC1=O)c1ccccc1. The van der Waals surface area contributed by atoms with Gasteiger partial charge in [-0.15, -0.1) is 0 Å². The molecule has 0 bridgehead atoms. The van der Waals surface area contributed by atoms with E-state index in [2.05, 4.69) is 5.32 Å². The number of hydrogen-bond acceptors (Lipinski definition) is 3. The summed E-state index contributed by atoms with van der Waals surface area (Å²) < 4.78 is 4.72. The van der Waals surface area contributed by atoms with Gasteiger partial charge in [0, 0.05) is 6.04 Å². The molecule has 1 aliphatic heterocycles. The number of hydrogen-bond donors (Lipinski definition) is 1. The number of rotatable bonds is 3. The summed E-state index contributed by atoms with van der Waals surface area (Å²) in [6.07, 6.45) is 3.15. The smallest absolute Gasteiger partial charge is 0.332 e. The van der Waals surface area contributed by atoms with Gasteiger partial charge in [-0.1, -0.05) is 30.3 Å². The molecule has 0 aliphatic carbocycles. The van der Waals surface area contributed by atoms with Crippen molar-refractivity contribution in [1.82, 2.24) is 5.32 Å². The van der Waals surface area contributed by atoms with E-state index in [0.29, 0.717) is 0 Å². The number of esters is 1. The van der Waals surface area contributed by atoms with Gasteiger partial charge in [-0.05, 0) is 18.6 Å². The topological polar surface area (TPSA) is 38.3 Å². The van der Waals surface area contributed by atoms with Crippen molar-refractivity contribution in [3.63, 3.8) is 0 Å². The van der Waals surface area contributed by atoms with Crippen LogP contribution in [0.3, 0.4) is 0 Å². The molecule has 0 saturated heterocycles. The van der Waals surface area contributed by atoms with Gasteiger partial charge >= 0.3 is 5.97 Å². The number of benzene rings is 1. The second kappa shape index (κ2) is 4.28. The molecule has 0 spiro atoms. The Hall–Kier alpha value is -1.61. The van der Waals surface area contributed by atoms with E-state index in [0.717, 1.165) is 5.56 Å². The normalized spacial score (nSPS) is 21.4. The maximum Gasteiger partial charge on any atom is 0.332 e. The molecule has 2 rings (SSSR count). The molecule has 3 nitrogen and oxygen atoms in total. The summed E-state index contributed by atoms with van der Waals surface area (Å²) in [7, 11) is 0. The average Bonchev–Trinajstić information content (AvgIpc) is 2.66. The van der Waals surface area contributed by atoms with Crippen molar-refractivity contribution in [1.29, 1.82) is 0 Å². The van der Waals surface area contributed by atoms with Crippen LogP contribution in [0.2, 0.25) is 0 Å². The molecule has 78 valence electrons. The minimum absolute atomic E-state index is 0.131. The van der Waals surface area contributed by atoms with E-state index in [1.165, 1.54) is 6.26 Å². The van der Waals surface area contributed by atoms with Crippen LogP contribution in [0.1, 0.15) is 18.5 Å². The van der Waals surface area contributed by atoms with Crippen LogP contribution in [0, 0.1) is 0 Å². The van der Waals surface area contributed by atoms with E-state index in [1.54, 1.807) is 6.08 Å². The van der Waals surface area contributed by atoms with Gasteiger partial charge in [0.25, 0.3) is 0 Å². The fourth-order valence-electron chi connectivity index (χ4n) is 1.57. The van der Waals surface area contributed by atoms with E-state index in [4.69, 9.17) is 4.74 Å². The molecule has 3 heteroatoms. The van der Waals surface area contributed by atoms with E-state index < -0.39 is 0 Å². The van der Waals surface area contributed by atoms with Crippen LogP contribution in [0.25, 0.3) is 0 Å². The molecule has 1 N–H and O–H groups in total. The molecule has 0 saturated carbocycles. The molecule has 0 radical (unpaired) electrons. The fraction of sp³-hybridized carbons (Fsp3) is 0.250. The van der Waals surface area contributed by atoms with Gasteiger partial charge in [-0.2, -0.15) is 0 Å². The van der Waals surface area contributed by atoms with Crippen LogP contribution < -0.4 is 5.32 Å². The highest BCUT2D eigenvalue weighted by molar-refractivity contribution is 5.80. The summed E-state index contributed by atoms with van der Waals surface area (Å²) >= 11 is 0. The first-order valence-electron chi connectivity index (χ1n) is 4.95. The first-order valence-corrected chi connectivity index (χ1v) is 4.95. The molecule has 1 aliphatic rings. The number of carbonyl (C=O) groups excluding carboxylic acids is 1. The van der Waals surface area contributed by atoms with Crippen molar-refractivity contribution in [3.8, 4) is 0 Å². The van der Waals surface area contributed by atoms with Crippen LogP contribution in [0.15, 0.2) is 42.7 Å². The van der Waals surface area contributed by atoms with Crippen molar-refractivity contribution < 1.29 is 9.53 Å². The summed E-state index contributed by atoms with van der Waals surface area (Å²) in [4.78, 5) is 11.2. The second-order valence-electron chi connectivity index (χ2n) is 3.54. The number of cyclic esters (lactones) is 1. The van der Waals surface area contributed by atoms with Crippen LogP contribution in [0.4, 0.5) is 0 Å². The Morgan fingerprint density at radius 3 is 2.67 bits per heavy atom. The minimum Gasteiger partial charge on any atom is -0.433 e. The molecule has 15 heavy (non-hydrogen) atoms. The van der Waals surface area contributed by atoms with Crippen molar-refractivity contribution in [2.45, 2.75) is 19.0 Å². The third kappa shape index (κ3) is 2.25. The highest BCUT2D eigenvalue weighted by atomic mass is 16.5. The predicted octanol–water partition coefficient (Wildman–Crippen LogP) is 1.78. The second-order valence-corrected chi connectivity index (χ2v) is 3.54. The third-order valence-corrected chi connectivity index (χ3v) is 2.44. The Morgan fingerprint density at radius 1 is 1.33 bits per heavy atom. The number of ether oxygens (including phenoxy) is 1.